The fourth-order valence-corrected chi connectivity index (χ4v) is 3.69. The second-order valence-corrected chi connectivity index (χ2v) is 7.08. The Bertz CT molecular complexity index is 1230. The van der Waals surface area contributed by atoms with Gasteiger partial charge in [-0.1, -0.05) is 24.3 Å². The number of para-hydroxylation sites is 1. The molecular weight excluding hydrogens is 350 g/mol. The zero-order valence-electron chi connectivity index (χ0n) is 15.9. The summed E-state index contributed by atoms with van der Waals surface area (Å²) in [7, 11) is 0. The number of nitrogens with zero attached hydrogens (tertiary/aromatic N) is 2. The van der Waals surface area contributed by atoms with Crippen LogP contribution >= 0.6 is 0 Å². The van der Waals surface area contributed by atoms with E-state index >= 15 is 0 Å². The number of fused-ring (bicyclic) bond motifs is 3. The molecule has 3 N–H and O–H groups in total. The number of nitrogens with two attached hydrogens (primary N) is 1. The number of carboxylic acid groups (broad SMARTS) is 1. The van der Waals surface area contributed by atoms with Crippen molar-refractivity contribution in [2.24, 2.45) is 0 Å². The summed E-state index contributed by atoms with van der Waals surface area (Å²) in [5.74, 6) is -0.445. The highest BCUT2D eigenvalue weighted by Crippen LogP contribution is 2.27. The number of carbonyl (C=O) groups is 1. The fraction of sp³-hybridized carbons (Fsp3) is 0.174. The van der Waals surface area contributed by atoms with E-state index in [2.05, 4.69) is 16.0 Å². The predicted octanol–water partition coefficient (Wildman–Crippen LogP) is 4.47. The topological polar surface area (TPSA) is 89.1 Å². The van der Waals surface area contributed by atoms with E-state index in [4.69, 9.17) is 5.73 Å². The summed E-state index contributed by atoms with van der Waals surface area (Å²) in [6.45, 7) is 3.84. The van der Waals surface area contributed by atoms with Crippen molar-refractivity contribution in [2.75, 3.05) is 5.73 Å². The molecule has 0 radical (unpaired) electrons. The van der Waals surface area contributed by atoms with Crippen LogP contribution in [-0.2, 0) is 12.8 Å². The van der Waals surface area contributed by atoms with Crippen LogP contribution in [-0.4, -0.2) is 21.0 Å². The molecule has 0 saturated heterocycles. The highest BCUT2D eigenvalue weighted by Gasteiger charge is 2.12. The third-order valence-electron chi connectivity index (χ3n) is 5.43. The van der Waals surface area contributed by atoms with Crippen LogP contribution in [0.15, 0.2) is 48.7 Å². The van der Waals surface area contributed by atoms with E-state index in [-0.39, 0.29) is 0 Å². The Morgan fingerprint density at radius 1 is 1.04 bits per heavy atom. The number of pyridine rings is 2. The molecule has 2 aromatic carbocycles. The number of carboxylic acids is 1. The smallest absolute Gasteiger partial charge is 0.335 e. The summed E-state index contributed by atoms with van der Waals surface area (Å²) in [5, 5.41) is 11.3. The third kappa shape index (κ3) is 3.05. The van der Waals surface area contributed by atoms with Crippen LogP contribution in [0.25, 0.3) is 21.8 Å². The van der Waals surface area contributed by atoms with Gasteiger partial charge in [-0.15, -0.1) is 0 Å². The Kier molecular flexibility index (Phi) is 4.43. The molecule has 5 heteroatoms. The van der Waals surface area contributed by atoms with Crippen molar-refractivity contribution in [1.29, 1.82) is 0 Å². The summed E-state index contributed by atoms with van der Waals surface area (Å²) >= 11 is 0. The number of nitrogen functional groups attached to an aromatic ring is 1. The highest BCUT2D eigenvalue weighted by molar-refractivity contribution is 6.08. The number of rotatable bonds is 4. The lowest BCUT2D eigenvalue weighted by molar-refractivity contribution is 0.0696. The SMILES string of the molecule is Cc1c(CCc2cnc3c(N)nc4ccccc4c3c2)ccc(C(=O)O)c1C. The van der Waals surface area contributed by atoms with E-state index in [1.807, 2.05) is 50.4 Å². The van der Waals surface area contributed by atoms with Gasteiger partial charge < -0.3 is 10.8 Å². The molecule has 0 amide bonds. The average Bonchev–Trinajstić information content (AvgIpc) is 2.69. The van der Waals surface area contributed by atoms with Gasteiger partial charge in [0.1, 0.15) is 5.52 Å². The number of hydrogen-bond acceptors (Lipinski definition) is 4. The fourth-order valence-electron chi connectivity index (χ4n) is 3.69. The molecular formula is C23H21N3O2. The van der Waals surface area contributed by atoms with Gasteiger partial charge in [-0.05, 0) is 67.1 Å². The maximum atomic E-state index is 11.3. The lowest BCUT2D eigenvalue weighted by Gasteiger charge is -2.12. The molecule has 2 heterocycles. The van der Waals surface area contributed by atoms with Gasteiger partial charge in [-0.25, -0.2) is 9.78 Å². The van der Waals surface area contributed by atoms with Gasteiger partial charge in [0.05, 0.1) is 11.1 Å². The second-order valence-electron chi connectivity index (χ2n) is 7.08. The molecule has 0 atom stereocenters. The van der Waals surface area contributed by atoms with Gasteiger partial charge in [0.25, 0.3) is 0 Å². The van der Waals surface area contributed by atoms with Crippen LogP contribution < -0.4 is 5.73 Å². The van der Waals surface area contributed by atoms with E-state index in [1.54, 1.807) is 6.07 Å². The van der Waals surface area contributed by atoms with Crippen LogP contribution in [0.3, 0.4) is 0 Å². The van der Waals surface area contributed by atoms with Gasteiger partial charge in [0.15, 0.2) is 5.82 Å². The number of aryl methyl sites for hydroxylation is 2. The molecule has 0 bridgehead atoms. The molecule has 0 aliphatic heterocycles. The lowest BCUT2D eigenvalue weighted by Crippen LogP contribution is -2.04. The molecule has 0 fully saturated rings. The number of anilines is 1. The van der Waals surface area contributed by atoms with E-state index < -0.39 is 5.97 Å². The molecule has 0 aliphatic rings. The van der Waals surface area contributed by atoms with Crippen LogP contribution in [0.4, 0.5) is 5.82 Å². The van der Waals surface area contributed by atoms with Crippen molar-refractivity contribution in [1.82, 2.24) is 9.97 Å². The summed E-state index contributed by atoms with van der Waals surface area (Å²) in [4.78, 5) is 20.3. The number of benzene rings is 2. The Balaban J connectivity index is 1.69. The zero-order valence-corrected chi connectivity index (χ0v) is 15.9. The van der Waals surface area contributed by atoms with Gasteiger partial charge in [0.2, 0.25) is 0 Å². The molecule has 4 aromatic rings. The van der Waals surface area contributed by atoms with Crippen LogP contribution in [0, 0.1) is 13.8 Å². The number of aromatic nitrogens is 2. The van der Waals surface area contributed by atoms with Crippen molar-refractivity contribution in [3.8, 4) is 0 Å². The molecule has 140 valence electrons. The molecule has 0 unspecified atom stereocenters. The minimum absolute atomic E-state index is 0.364. The Morgan fingerprint density at radius 2 is 1.82 bits per heavy atom. The normalized spacial score (nSPS) is 11.2. The van der Waals surface area contributed by atoms with E-state index in [1.165, 1.54) is 0 Å². The molecule has 0 spiro atoms. The maximum Gasteiger partial charge on any atom is 0.335 e. The first-order valence-corrected chi connectivity index (χ1v) is 9.21. The van der Waals surface area contributed by atoms with Crippen molar-refractivity contribution in [2.45, 2.75) is 26.7 Å². The average molecular weight is 371 g/mol. The second kappa shape index (κ2) is 6.93. The number of aromatic carboxylic acids is 1. The molecule has 0 aliphatic carbocycles. The molecule has 2 aromatic heterocycles. The van der Waals surface area contributed by atoms with Crippen molar-refractivity contribution in [3.05, 3.63) is 76.5 Å². The standard InChI is InChI=1S/C23H21N3O2/c1-13-14(2)17(23(27)28)10-9-16(13)8-7-15-11-19-18-5-3-4-6-20(18)26-22(24)21(19)25-12-15/h3-6,9-12H,7-8H2,1-2H3,(H2,24,26)(H,27,28). The Labute approximate surface area is 162 Å². The van der Waals surface area contributed by atoms with Gasteiger partial charge in [-0.2, -0.15) is 0 Å². The Hall–Kier alpha value is -3.47. The molecule has 28 heavy (non-hydrogen) atoms. The summed E-state index contributed by atoms with van der Waals surface area (Å²) in [6.07, 6.45) is 3.48. The third-order valence-corrected chi connectivity index (χ3v) is 5.43. The Morgan fingerprint density at radius 3 is 2.61 bits per heavy atom. The lowest BCUT2D eigenvalue weighted by atomic mass is 9.94. The van der Waals surface area contributed by atoms with Crippen molar-refractivity contribution >= 4 is 33.6 Å². The van der Waals surface area contributed by atoms with Crippen LogP contribution in [0.1, 0.15) is 32.6 Å². The predicted molar refractivity (Wildman–Crippen MR) is 112 cm³/mol. The molecule has 5 nitrogen and oxygen atoms in total. The van der Waals surface area contributed by atoms with Crippen molar-refractivity contribution in [3.63, 3.8) is 0 Å². The molecule has 4 rings (SSSR count). The van der Waals surface area contributed by atoms with E-state index in [0.29, 0.717) is 11.4 Å². The van der Waals surface area contributed by atoms with E-state index in [0.717, 1.165) is 56.9 Å². The summed E-state index contributed by atoms with van der Waals surface area (Å²) < 4.78 is 0. The minimum Gasteiger partial charge on any atom is -0.478 e. The number of hydrogen-bond donors (Lipinski definition) is 2. The van der Waals surface area contributed by atoms with Gasteiger partial charge in [0, 0.05) is 17.0 Å². The monoisotopic (exact) mass is 371 g/mol. The van der Waals surface area contributed by atoms with Crippen LogP contribution in [0.5, 0.6) is 0 Å². The molecule has 0 saturated carbocycles. The quantitative estimate of drug-likeness (QED) is 0.517. The summed E-state index contributed by atoms with van der Waals surface area (Å²) in [5.41, 5.74) is 12.2. The van der Waals surface area contributed by atoms with Crippen molar-refractivity contribution < 1.29 is 9.90 Å². The van der Waals surface area contributed by atoms with E-state index in [9.17, 15) is 9.90 Å². The highest BCUT2D eigenvalue weighted by atomic mass is 16.4. The first-order valence-electron chi connectivity index (χ1n) is 9.21. The largest absolute Gasteiger partial charge is 0.478 e. The zero-order chi connectivity index (χ0) is 19.8. The van der Waals surface area contributed by atoms with Gasteiger partial charge in [-0.3, -0.25) is 4.98 Å². The van der Waals surface area contributed by atoms with Gasteiger partial charge >= 0.3 is 5.97 Å². The first kappa shape index (κ1) is 17.9. The minimum atomic E-state index is -0.885. The maximum absolute atomic E-state index is 11.3. The van der Waals surface area contributed by atoms with Crippen LogP contribution in [0.2, 0.25) is 0 Å². The summed E-state index contributed by atoms with van der Waals surface area (Å²) in [6, 6.07) is 13.7. The first-order chi connectivity index (χ1) is 13.5.